The van der Waals surface area contributed by atoms with Crippen molar-refractivity contribution < 1.29 is 9.13 Å². The molecular weight excluding hydrogens is 289 g/mol. The zero-order valence-corrected chi connectivity index (χ0v) is 12.5. The Labute approximate surface area is 128 Å². The highest BCUT2D eigenvalue weighted by Gasteiger charge is 2.29. The van der Waals surface area contributed by atoms with Crippen molar-refractivity contribution in [2.24, 2.45) is 0 Å². The largest absolute Gasteiger partial charge is 0.485 e. The lowest BCUT2D eigenvalue weighted by Crippen LogP contribution is -2.29. The molecule has 0 saturated carbocycles. The van der Waals surface area contributed by atoms with Gasteiger partial charge in [-0.05, 0) is 24.7 Å². The molecule has 110 valence electrons. The maximum atomic E-state index is 13.2. The molecule has 0 aliphatic carbocycles. The molecule has 0 radical (unpaired) electrons. The summed E-state index contributed by atoms with van der Waals surface area (Å²) in [5, 5.41) is 3.89. The minimum Gasteiger partial charge on any atom is -0.485 e. The summed E-state index contributed by atoms with van der Waals surface area (Å²) in [5.41, 5.74) is 1.99. The molecule has 21 heavy (non-hydrogen) atoms. The van der Waals surface area contributed by atoms with Crippen LogP contribution >= 0.6 is 11.6 Å². The third kappa shape index (κ3) is 2.89. The van der Waals surface area contributed by atoms with Crippen molar-refractivity contribution in [1.29, 1.82) is 0 Å². The number of rotatable bonds is 3. The van der Waals surface area contributed by atoms with Crippen molar-refractivity contribution in [2.45, 2.75) is 25.5 Å². The summed E-state index contributed by atoms with van der Waals surface area (Å²) in [7, 11) is 0. The molecule has 3 rings (SSSR count). The van der Waals surface area contributed by atoms with Crippen LogP contribution in [0.2, 0.25) is 5.02 Å². The monoisotopic (exact) mass is 305 g/mol. The van der Waals surface area contributed by atoms with Crippen molar-refractivity contribution in [3.8, 4) is 5.75 Å². The molecular formula is C17H17ClFNO. The van der Waals surface area contributed by atoms with E-state index in [0.717, 1.165) is 29.8 Å². The molecule has 1 N–H and O–H groups in total. The van der Waals surface area contributed by atoms with Gasteiger partial charge in [0.2, 0.25) is 0 Å². The van der Waals surface area contributed by atoms with E-state index in [2.05, 4.69) is 18.3 Å². The Morgan fingerprint density at radius 2 is 2.05 bits per heavy atom. The minimum absolute atomic E-state index is 0.169. The Hall–Kier alpha value is -1.58. The maximum Gasteiger partial charge on any atom is 0.127 e. The Morgan fingerprint density at radius 3 is 2.81 bits per heavy atom. The molecule has 2 aromatic rings. The molecule has 2 atom stereocenters. The lowest BCUT2D eigenvalue weighted by atomic mass is 9.93. The topological polar surface area (TPSA) is 21.3 Å². The van der Waals surface area contributed by atoms with Crippen LogP contribution in [0.3, 0.4) is 0 Å². The fourth-order valence-electron chi connectivity index (χ4n) is 2.81. The summed E-state index contributed by atoms with van der Waals surface area (Å²) >= 11 is 6.17. The average Bonchev–Trinajstić information content (AvgIpc) is 2.47. The average molecular weight is 306 g/mol. The van der Waals surface area contributed by atoms with Crippen LogP contribution < -0.4 is 10.1 Å². The number of nitrogens with one attached hydrogen (secondary N) is 1. The SMILES string of the molecule is CCNC1CC(c2ccc(F)cc2Cl)Oc2ccccc21. The predicted molar refractivity (Wildman–Crippen MR) is 82.3 cm³/mol. The molecule has 1 aliphatic rings. The first-order valence-corrected chi connectivity index (χ1v) is 7.50. The lowest BCUT2D eigenvalue weighted by Gasteiger charge is -2.33. The predicted octanol–water partition coefficient (Wildman–Crippen LogP) is 4.65. The zero-order chi connectivity index (χ0) is 14.8. The molecule has 0 amide bonds. The van der Waals surface area contributed by atoms with Crippen LogP contribution in [-0.4, -0.2) is 6.54 Å². The van der Waals surface area contributed by atoms with E-state index in [-0.39, 0.29) is 18.0 Å². The molecule has 1 aliphatic heterocycles. The number of para-hydroxylation sites is 1. The summed E-state index contributed by atoms with van der Waals surface area (Å²) in [6.07, 6.45) is 0.605. The number of benzene rings is 2. The summed E-state index contributed by atoms with van der Waals surface area (Å²) in [6, 6.07) is 12.7. The number of fused-ring (bicyclic) bond motifs is 1. The van der Waals surface area contributed by atoms with Gasteiger partial charge in [0.05, 0.1) is 5.02 Å². The van der Waals surface area contributed by atoms with Crippen LogP contribution in [0.25, 0.3) is 0 Å². The molecule has 2 unspecified atom stereocenters. The van der Waals surface area contributed by atoms with Gasteiger partial charge in [-0.3, -0.25) is 0 Å². The van der Waals surface area contributed by atoms with Crippen LogP contribution in [0.4, 0.5) is 4.39 Å². The van der Waals surface area contributed by atoms with Crippen molar-refractivity contribution in [3.63, 3.8) is 0 Å². The second-order valence-electron chi connectivity index (χ2n) is 5.16. The minimum atomic E-state index is -0.330. The molecule has 2 nitrogen and oxygen atoms in total. The number of hydrogen-bond donors (Lipinski definition) is 1. The summed E-state index contributed by atoms with van der Waals surface area (Å²) < 4.78 is 19.3. The molecule has 0 spiro atoms. The van der Waals surface area contributed by atoms with Gasteiger partial charge >= 0.3 is 0 Å². The first kappa shape index (κ1) is 14.4. The highest BCUT2D eigenvalue weighted by molar-refractivity contribution is 6.31. The molecule has 2 aromatic carbocycles. The van der Waals surface area contributed by atoms with Crippen LogP contribution in [0.5, 0.6) is 5.75 Å². The van der Waals surface area contributed by atoms with Crippen molar-refractivity contribution >= 4 is 11.6 Å². The highest BCUT2D eigenvalue weighted by atomic mass is 35.5. The van der Waals surface area contributed by atoms with E-state index in [9.17, 15) is 4.39 Å². The molecule has 4 heteroatoms. The van der Waals surface area contributed by atoms with Gasteiger partial charge in [-0.15, -0.1) is 0 Å². The Bertz CT molecular complexity index is 646. The normalized spacial score (nSPS) is 20.7. The number of hydrogen-bond acceptors (Lipinski definition) is 2. The smallest absolute Gasteiger partial charge is 0.127 e. The Balaban J connectivity index is 1.95. The second-order valence-corrected chi connectivity index (χ2v) is 5.56. The Kier molecular flexibility index (Phi) is 4.13. The summed E-state index contributed by atoms with van der Waals surface area (Å²) in [4.78, 5) is 0. The Morgan fingerprint density at radius 1 is 1.24 bits per heavy atom. The van der Waals surface area contributed by atoms with Crippen LogP contribution in [-0.2, 0) is 0 Å². The third-order valence-electron chi connectivity index (χ3n) is 3.77. The van der Waals surface area contributed by atoms with Gasteiger partial charge in [-0.25, -0.2) is 4.39 Å². The quantitative estimate of drug-likeness (QED) is 0.891. The number of ether oxygens (including phenoxy) is 1. The van der Waals surface area contributed by atoms with Crippen molar-refractivity contribution in [2.75, 3.05) is 6.54 Å². The van der Waals surface area contributed by atoms with E-state index >= 15 is 0 Å². The van der Waals surface area contributed by atoms with Crippen molar-refractivity contribution in [1.82, 2.24) is 5.32 Å². The fraction of sp³-hybridized carbons (Fsp3) is 0.294. The number of halogens is 2. The van der Waals surface area contributed by atoms with E-state index in [1.807, 2.05) is 18.2 Å². The molecule has 0 saturated heterocycles. The summed E-state index contributed by atoms with van der Waals surface area (Å²) in [6.45, 7) is 2.96. The standard InChI is InChI=1S/C17H17ClFNO/c1-2-20-15-10-17(12-8-7-11(19)9-14(12)18)21-16-6-4-3-5-13(15)16/h3-9,15,17,20H,2,10H2,1H3. The van der Waals surface area contributed by atoms with E-state index < -0.39 is 0 Å². The van der Waals surface area contributed by atoms with Gasteiger partial charge in [0, 0.05) is 23.6 Å². The van der Waals surface area contributed by atoms with E-state index in [4.69, 9.17) is 16.3 Å². The van der Waals surface area contributed by atoms with Gasteiger partial charge in [-0.1, -0.05) is 42.8 Å². The fourth-order valence-corrected chi connectivity index (χ4v) is 3.10. The van der Waals surface area contributed by atoms with E-state index in [0.29, 0.717) is 5.02 Å². The first-order valence-electron chi connectivity index (χ1n) is 7.13. The lowest BCUT2D eigenvalue weighted by molar-refractivity contribution is 0.152. The second kappa shape index (κ2) is 6.04. The highest BCUT2D eigenvalue weighted by Crippen LogP contribution is 2.42. The van der Waals surface area contributed by atoms with Crippen LogP contribution in [0, 0.1) is 5.82 Å². The van der Waals surface area contributed by atoms with Gasteiger partial charge in [-0.2, -0.15) is 0 Å². The zero-order valence-electron chi connectivity index (χ0n) is 11.8. The first-order chi connectivity index (χ1) is 10.2. The van der Waals surface area contributed by atoms with Gasteiger partial charge in [0.1, 0.15) is 17.7 Å². The van der Waals surface area contributed by atoms with Crippen LogP contribution in [0.1, 0.15) is 36.6 Å². The molecule has 0 aromatic heterocycles. The molecule has 0 bridgehead atoms. The van der Waals surface area contributed by atoms with E-state index in [1.54, 1.807) is 6.07 Å². The van der Waals surface area contributed by atoms with Crippen LogP contribution in [0.15, 0.2) is 42.5 Å². The summed E-state index contributed by atoms with van der Waals surface area (Å²) in [5.74, 6) is 0.531. The molecule has 0 fully saturated rings. The van der Waals surface area contributed by atoms with Gasteiger partial charge in [0.15, 0.2) is 0 Å². The van der Waals surface area contributed by atoms with E-state index in [1.165, 1.54) is 12.1 Å². The van der Waals surface area contributed by atoms with Crippen molar-refractivity contribution in [3.05, 3.63) is 64.4 Å². The maximum absolute atomic E-state index is 13.2. The molecule has 1 heterocycles. The van der Waals surface area contributed by atoms with Gasteiger partial charge < -0.3 is 10.1 Å². The third-order valence-corrected chi connectivity index (χ3v) is 4.10. The van der Waals surface area contributed by atoms with Gasteiger partial charge in [0.25, 0.3) is 0 Å².